The third kappa shape index (κ3) is 1.60. The predicted molar refractivity (Wildman–Crippen MR) is 66.7 cm³/mol. The molecule has 5 heteroatoms. The number of hydrogen-bond donors (Lipinski definition) is 1. The van der Waals surface area contributed by atoms with Crippen molar-refractivity contribution in [3.8, 4) is 0 Å². The van der Waals surface area contributed by atoms with Crippen LogP contribution in [-0.4, -0.2) is 23.1 Å². The van der Waals surface area contributed by atoms with Crippen molar-refractivity contribution in [1.82, 2.24) is 9.99 Å². The van der Waals surface area contributed by atoms with Crippen molar-refractivity contribution in [2.75, 3.05) is 7.05 Å². The van der Waals surface area contributed by atoms with Crippen LogP contribution in [0, 0.1) is 11.1 Å². The Kier molecular flexibility index (Phi) is 2.57. The van der Waals surface area contributed by atoms with Gasteiger partial charge >= 0.3 is 0 Å². The molecule has 1 N–H and O–H groups in total. The number of rotatable bonds is 1. The quantitative estimate of drug-likeness (QED) is 0.742. The standard InChI is InChI=1S/C13H15N3O2/c1-9-4-3-5-10-11(13-14-6-7-18-13)8-15(2)16(17)12(9)10/h3-9,12,16H,1-2H3. The van der Waals surface area contributed by atoms with Crippen molar-refractivity contribution < 1.29 is 9.59 Å². The minimum atomic E-state index is -0.133. The van der Waals surface area contributed by atoms with Crippen LogP contribution in [0.3, 0.4) is 0 Å². The third-order valence-electron chi connectivity index (χ3n) is 3.46. The second-order valence-corrected chi connectivity index (χ2v) is 4.67. The summed E-state index contributed by atoms with van der Waals surface area (Å²) >= 11 is 0. The highest BCUT2D eigenvalue weighted by Gasteiger charge is 2.37. The van der Waals surface area contributed by atoms with Crippen LogP contribution in [0.2, 0.25) is 0 Å². The number of oxazole rings is 1. The van der Waals surface area contributed by atoms with Crippen LogP contribution in [0.1, 0.15) is 12.8 Å². The van der Waals surface area contributed by atoms with Crippen molar-refractivity contribution in [1.29, 1.82) is 0 Å². The Morgan fingerprint density at radius 3 is 3.06 bits per heavy atom. The number of hydrogen-bond acceptors (Lipinski definition) is 4. The fraction of sp³-hybridized carbons (Fsp3) is 0.308. The first kappa shape index (κ1) is 11.3. The van der Waals surface area contributed by atoms with Gasteiger partial charge in [-0.3, -0.25) is 5.17 Å². The topological polar surface area (TPSA) is 56.8 Å². The van der Waals surface area contributed by atoms with Crippen LogP contribution < -0.4 is 5.17 Å². The molecule has 0 bridgehead atoms. The Morgan fingerprint density at radius 1 is 1.50 bits per heavy atom. The van der Waals surface area contributed by atoms with E-state index in [1.165, 1.54) is 0 Å². The highest BCUT2D eigenvalue weighted by Crippen LogP contribution is 2.31. The molecule has 18 heavy (non-hydrogen) atoms. The van der Waals surface area contributed by atoms with E-state index in [0.29, 0.717) is 5.89 Å². The minimum Gasteiger partial charge on any atom is -0.607 e. The summed E-state index contributed by atoms with van der Waals surface area (Å²) in [6.07, 6.45) is 11.0. The molecule has 2 aliphatic rings. The molecule has 1 aromatic heterocycles. The summed E-state index contributed by atoms with van der Waals surface area (Å²) in [5.74, 6) is 0.756. The number of aromatic nitrogens is 1. The summed E-state index contributed by atoms with van der Waals surface area (Å²) in [5.41, 5.74) is 1.89. The van der Waals surface area contributed by atoms with Gasteiger partial charge in [-0.2, -0.15) is 0 Å². The summed E-state index contributed by atoms with van der Waals surface area (Å²) in [6, 6.07) is -0.133. The molecule has 94 valence electrons. The van der Waals surface area contributed by atoms with Crippen molar-refractivity contribution in [3.05, 3.63) is 53.6 Å². The average molecular weight is 245 g/mol. The molecule has 0 fully saturated rings. The first-order valence-corrected chi connectivity index (χ1v) is 5.95. The number of quaternary nitrogens is 1. The van der Waals surface area contributed by atoms with E-state index in [4.69, 9.17) is 4.42 Å². The zero-order chi connectivity index (χ0) is 12.7. The van der Waals surface area contributed by atoms with E-state index in [9.17, 15) is 5.21 Å². The van der Waals surface area contributed by atoms with Gasteiger partial charge in [0.2, 0.25) is 5.89 Å². The van der Waals surface area contributed by atoms with Crippen LogP contribution in [0.4, 0.5) is 0 Å². The molecule has 3 rings (SSSR count). The number of allylic oxidation sites excluding steroid dienone is 2. The Bertz CT molecular complexity index is 530. The van der Waals surface area contributed by atoms with Gasteiger partial charge in [-0.25, -0.2) is 9.99 Å². The smallest absolute Gasteiger partial charge is 0.228 e. The maximum atomic E-state index is 12.2. The van der Waals surface area contributed by atoms with E-state index in [2.05, 4.69) is 18.0 Å². The van der Waals surface area contributed by atoms with Gasteiger partial charge in [0, 0.05) is 11.5 Å². The largest absolute Gasteiger partial charge is 0.607 e. The van der Waals surface area contributed by atoms with E-state index in [0.717, 1.165) is 11.1 Å². The van der Waals surface area contributed by atoms with Gasteiger partial charge in [0.1, 0.15) is 12.3 Å². The molecule has 5 nitrogen and oxygen atoms in total. The van der Waals surface area contributed by atoms with Gasteiger partial charge in [-0.1, -0.05) is 25.2 Å². The summed E-state index contributed by atoms with van der Waals surface area (Å²) in [6.45, 7) is 2.05. The first-order chi connectivity index (χ1) is 8.68. The highest BCUT2D eigenvalue weighted by atomic mass is 16.6. The fourth-order valence-corrected chi connectivity index (χ4v) is 2.53. The zero-order valence-electron chi connectivity index (χ0n) is 10.3. The van der Waals surface area contributed by atoms with E-state index in [-0.39, 0.29) is 17.1 Å². The monoisotopic (exact) mass is 245 g/mol. The lowest BCUT2D eigenvalue weighted by Crippen LogP contribution is -3.18. The molecule has 0 aromatic carbocycles. The second kappa shape index (κ2) is 4.12. The maximum Gasteiger partial charge on any atom is 0.228 e. The molecule has 1 aromatic rings. The van der Waals surface area contributed by atoms with Gasteiger partial charge in [0.15, 0.2) is 0 Å². The number of fused-ring (bicyclic) bond motifs is 1. The van der Waals surface area contributed by atoms with Gasteiger partial charge in [0.25, 0.3) is 0 Å². The van der Waals surface area contributed by atoms with Crippen LogP contribution in [0.5, 0.6) is 0 Å². The fourth-order valence-electron chi connectivity index (χ4n) is 2.53. The van der Waals surface area contributed by atoms with E-state index < -0.39 is 0 Å². The number of nitrogens with zero attached hydrogens (tertiary/aromatic N) is 2. The van der Waals surface area contributed by atoms with Gasteiger partial charge in [-0.15, -0.1) is 0 Å². The van der Waals surface area contributed by atoms with E-state index >= 15 is 0 Å². The number of nitrogens with one attached hydrogen (secondary N) is 1. The first-order valence-electron chi connectivity index (χ1n) is 5.95. The van der Waals surface area contributed by atoms with Crippen molar-refractivity contribution in [3.63, 3.8) is 0 Å². The van der Waals surface area contributed by atoms with Crippen molar-refractivity contribution in [2.24, 2.45) is 5.92 Å². The normalized spacial score (nSPS) is 30.8. The molecule has 0 radical (unpaired) electrons. The summed E-state index contributed by atoms with van der Waals surface area (Å²) in [5, 5.41) is 14.0. The molecule has 1 aliphatic heterocycles. The second-order valence-electron chi connectivity index (χ2n) is 4.67. The lowest BCUT2D eigenvalue weighted by molar-refractivity contribution is -0.981. The third-order valence-corrected chi connectivity index (χ3v) is 3.46. The average Bonchev–Trinajstić information content (AvgIpc) is 2.87. The summed E-state index contributed by atoms with van der Waals surface area (Å²) < 4.78 is 5.36. The molecular weight excluding hydrogens is 230 g/mol. The Hall–Kier alpha value is -1.85. The summed E-state index contributed by atoms with van der Waals surface area (Å²) in [7, 11) is 1.77. The molecule has 0 saturated heterocycles. The van der Waals surface area contributed by atoms with Gasteiger partial charge in [0.05, 0.1) is 25.0 Å². The van der Waals surface area contributed by atoms with Gasteiger partial charge in [-0.05, 0) is 0 Å². The van der Waals surface area contributed by atoms with Crippen molar-refractivity contribution in [2.45, 2.75) is 13.0 Å². The minimum absolute atomic E-state index is 0.119. The lowest BCUT2D eigenvalue weighted by atomic mass is 9.85. The van der Waals surface area contributed by atoms with Gasteiger partial charge < -0.3 is 9.62 Å². The highest BCUT2D eigenvalue weighted by molar-refractivity contribution is 5.76. The maximum absolute atomic E-state index is 12.2. The Balaban J connectivity index is 2.11. The van der Waals surface area contributed by atoms with E-state index in [1.54, 1.807) is 30.7 Å². The molecule has 0 amide bonds. The van der Waals surface area contributed by atoms with Crippen molar-refractivity contribution >= 4 is 5.57 Å². The Labute approximate surface area is 105 Å². The van der Waals surface area contributed by atoms with Crippen LogP contribution in [-0.2, 0) is 0 Å². The molecular formula is C13H15N3O2. The SMILES string of the molecule is CC1C=CC=C2C(c3ncco3)=CN(C)[NH+]([O-])C21. The van der Waals surface area contributed by atoms with Crippen LogP contribution in [0.15, 0.2) is 46.9 Å². The Morgan fingerprint density at radius 2 is 2.33 bits per heavy atom. The molecule has 2 heterocycles. The predicted octanol–water partition coefficient (Wildman–Crippen LogP) is 0.760. The zero-order valence-corrected chi connectivity index (χ0v) is 10.3. The lowest BCUT2D eigenvalue weighted by Gasteiger charge is -2.44. The molecule has 1 aliphatic carbocycles. The van der Waals surface area contributed by atoms with Crippen LogP contribution in [0.25, 0.3) is 5.57 Å². The summed E-state index contributed by atoms with van der Waals surface area (Å²) in [4.78, 5) is 4.18. The molecule has 3 atom stereocenters. The molecule has 0 saturated carbocycles. The molecule has 3 unspecified atom stereocenters. The molecule has 0 spiro atoms. The van der Waals surface area contributed by atoms with E-state index in [1.807, 2.05) is 12.2 Å². The van der Waals surface area contributed by atoms with Crippen LogP contribution >= 0.6 is 0 Å². The number of hydroxylamine groups is 1.